The third-order valence-corrected chi connectivity index (χ3v) is 3.25. The third-order valence-electron chi connectivity index (χ3n) is 2.17. The van der Waals surface area contributed by atoms with Crippen LogP contribution in [0.1, 0.15) is 10.4 Å². The fourth-order valence-electron chi connectivity index (χ4n) is 1.18. The number of aliphatic carboxylic acids is 1. The zero-order valence-corrected chi connectivity index (χ0v) is 9.71. The van der Waals surface area contributed by atoms with Gasteiger partial charge in [-0.3, -0.25) is 4.79 Å². The maximum absolute atomic E-state index is 11.2. The van der Waals surface area contributed by atoms with Gasteiger partial charge in [-0.1, -0.05) is 0 Å². The molecule has 0 radical (unpaired) electrons. The van der Waals surface area contributed by atoms with Crippen molar-refractivity contribution in [3.8, 4) is 0 Å². The van der Waals surface area contributed by atoms with E-state index in [0.29, 0.717) is 13.0 Å². The van der Waals surface area contributed by atoms with Crippen molar-refractivity contribution in [1.82, 2.24) is 5.32 Å². The molecule has 1 atom stereocenters. The lowest BCUT2D eigenvalue weighted by Gasteiger charge is -2.07. The summed E-state index contributed by atoms with van der Waals surface area (Å²) in [5, 5.41) is 13.0. The SMILES string of the molecule is Cc1ccsc1CCNC(=O)C(N)C(=O)O. The van der Waals surface area contributed by atoms with Gasteiger partial charge in [0.2, 0.25) is 5.91 Å². The first kappa shape index (κ1) is 12.7. The number of carbonyl (C=O) groups excluding carboxylic acids is 1. The van der Waals surface area contributed by atoms with E-state index in [1.54, 1.807) is 11.3 Å². The summed E-state index contributed by atoms with van der Waals surface area (Å²) < 4.78 is 0. The first-order chi connectivity index (χ1) is 7.52. The smallest absolute Gasteiger partial charge is 0.330 e. The normalized spacial score (nSPS) is 12.1. The van der Waals surface area contributed by atoms with E-state index in [-0.39, 0.29) is 0 Å². The molecule has 1 aromatic rings. The summed E-state index contributed by atoms with van der Waals surface area (Å²) in [6, 6.07) is 0.523. The first-order valence-electron chi connectivity index (χ1n) is 4.81. The number of rotatable bonds is 5. The zero-order chi connectivity index (χ0) is 12.1. The number of thiophene rings is 1. The summed E-state index contributed by atoms with van der Waals surface area (Å²) in [5.41, 5.74) is 6.32. The summed E-state index contributed by atoms with van der Waals surface area (Å²) in [7, 11) is 0. The number of nitrogens with two attached hydrogens (primary N) is 1. The highest BCUT2D eigenvalue weighted by Gasteiger charge is 2.20. The van der Waals surface area contributed by atoms with Gasteiger partial charge in [0, 0.05) is 11.4 Å². The van der Waals surface area contributed by atoms with Gasteiger partial charge < -0.3 is 16.2 Å². The van der Waals surface area contributed by atoms with Crippen LogP contribution in [0.5, 0.6) is 0 Å². The molecular formula is C10H14N2O3S. The van der Waals surface area contributed by atoms with Crippen molar-refractivity contribution < 1.29 is 14.7 Å². The number of hydrogen-bond acceptors (Lipinski definition) is 4. The Hall–Kier alpha value is -1.40. The van der Waals surface area contributed by atoms with E-state index in [2.05, 4.69) is 5.32 Å². The Morgan fingerprint density at radius 3 is 2.81 bits per heavy atom. The van der Waals surface area contributed by atoms with E-state index in [9.17, 15) is 9.59 Å². The molecular weight excluding hydrogens is 228 g/mol. The van der Waals surface area contributed by atoms with Crippen LogP contribution in [0.2, 0.25) is 0 Å². The highest BCUT2D eigenvalue weighted by atomic mass is 32.1. The lowest BCUT2D eigenvalue weighted by Crippen LogP contribution is -2.46. The van der Waals surface area contributed by atoms with Crippen LogP contribution >= 0.6 is 11.3 Å². The largest absolute Gasteiger partial charge is 0.480 e. The van der Waals surface area contributed by atoms with Crippen molar-refractivity contribution in [3.05, 3.63) is 21.9 Å². The van der Waals surface area contributed by atoms with Crippen molar-refractivity contribution in [2.45, 2.75) is 19.4 Å². The monoisotopic (exact) mass is 242 g/mol. The van der Waals surface area contributed by atoms with Gasteiger partial charge in [-0.15, -0.1) is 11.3 Å². The van der Waals surface area contributed by atoms with Crippen LogP contribution in [0.25, 0.3) is 0 Å². The summed E-state index contributed by atoms with van der Waals surface area (Å²) in [6.07, 6.45) is 0.696. The molecule has 5 nitrogen and oxygen atoms in total. The topological polar surface area (TPSA) is 92.4 Å². The Morgan fingerprint density at radius 1 is 1.62 bits per heavy atom. The van der Waals surface area contributed by atoms with Crippen LogP contribution in [-0.2, 0) is 16.0 Å². The molecule has 1 heterocycles. The highest BCUT2D eigenvalue weighted by molar-refractivity contribution is 7.10. The van der Waals surface area contributed by atoms with E-state index in [1.807, 2.05) is 18.4 Å². The predicted molar refractivity (Wildman–Crippen MR) is 61.4 cm³/mol. The van der Waals surface area contributed by atoms with Crippen molar-refractivity contribution in [3.63, 3.8) is 0 Å². The van der Waals surface area contributed by atoms with Crippen molar-refractivity contribution in [2.24, 2.45) is 5.73 Å². The molecule has 0 saturated carbocycles. The Labute approximate surface area is 97.3 Å². The molecule has 4 N–H and O–H groups in total. The molecule has 6 heteroatoms. The van der Waals surface area contributed by atoms with Gasteiger partial charge in [-0.25, -0.2) is 4.79 Å². The van der Waals surface area contributed by atoms with Crippen LogP contribution in [-0.4, -0.2) is 29.6 Å². The summed E-state index contributed by atoms with van der Waals surface area (Å²) >= 11 is 1.62. The Morgan fingerprint density at radius 2 is 2.31 bits per heavy atom. The van der Waals surface area contributed by atoms with Crippen LogP contribution in [0.3, 0.4) is 0 Å². The number of amides is 1. The molecule has 0 bridgehead atoms. The zero-order valence-electron chi connectivity index (χ0n) is 8.90. The number of carboxylic acids is 1. The molecule has 0 fully saturated rings. The number of carboxylic acid groups (broad SMARTS) is 1. The molecule has 0 aromatic carbocycles. The fourth-order valence-corrected chi connectivity index (χ4v) is 2.09. The van der Waals surface area contributed by atoms with E-state index in [1.165, 1.54) is 10.4 Å². The van der Waals surface area contributed by atoms with Gasteiger partial charge in [0.1, 0.15) is 0 Å². The fraction of sp³-hybridized carbons (Fsp3) is 0.400. The summed E-state index contributed by atoms with van der Waals surface area (Å²) in [6.45, 7) is 2.40. The molecule has 0 saturated heterocycles. The minimum absolute atomic E-state index is 0.404. The second-order valence-corrected chi connectivity index (χ2v) is 4.38. The third kappa shape index (κ3) is 3.32. The number of aryl methyl sites for hydroxylation is 1. The molecule has 1 amide bonds. The maximum Gasteiger partial charge on any atom is 0.330 e. The Balaban J connectivity index is 2.34. The summed E-state index contributed by atoms with van der Waals surface area (Å²) in [4.78, 5) is 22.8. The average Bonchev–Trinajstić information content (AvgIpc) is 2.63. The lowest BCUT2D eigenvalue weighted by molar-refractivity contribution is -0.142. The average molecular weight is 242 g/mol. The minimum Gasteiger partial charge on any atom is -0.480 e. The van der Waals surface area contributed by atoms with Crippen LogP contribution in [0.15, 0.2) is 11.4 Å². The van der Waals surface area contributed by atoms with Crippen molar-refractivity contribution in [2.75, 3.05) is 6.54 Å². The quantitative estimate of drug-likeness (QED) is 0.640. The number of nitrogens with one attached hydrogen (secondary N) is 1. The molecule has 88 valence electrons. The molecule has 1 aromatic heterocycles. The van der Waals surface area contributed by atoms with E-state index >= 15 is 0 Å². The van der Waals surface area contributed by atoms with E-state index < -0.39 is 17.9 Å². The van der Waals surface area contributed by atoms with Crippen LogP contribution in [0, 0.1) is 6.92 Å². The van der Waals surface area contributed by atoms with E-state index in [4.69, 9.17) is 10.8 Å². The number of hydrogen-bond donors (Lipinski definition) is 3. The van der Waals surface area contributed by atoms with Gasteiger partial charge in [-0.05, 0) is 30.4 Å². The molecule has 0 aliphatic heterocycles. The van der Waals surface area contributed by atoms with Crippen LogP contribution in [0.4, 0.5) is 0 Å². The van der Waals surface area contributed by atoms with Crippen molar-refractivity contribution in [1.29, 1.82) is 0 Å². The molecule has 0 spiro atoms. The van der Waals surface area contributed by atoms with Crippen molar-refractivity contribution >= 4 is 23.2 Å². The first-order valence-corrected chi connectivity index (χ1v) is 5.69. The summed E-state index contributed by atoms with van der Waals surface area (Å²) in [5.74, 6) is -1.97. The van der Waals surface area contributed by atoms with Gasteiger partial charge in [0.25, 0.3) is 0 Å². The molecule has 0 aliphatic rings. The molecule has 1 unspecified atom stereocenters. The minimum atomic E-state index is -1.48. The Kier molecular flexibility index (Phi) is 4.45. The predicted octanol–water partition coefficient (Wildman–Crippen LogP) is 0.127. The van der Waals surface area contributed by atoms with E-state index in [0.717, 1.165) is 0 Å². The van der Waals surface area contributed by atoms with Gasteiger partial charge in [0.15, 0.2) is 6.04 Å². The van der Waals surface area contributed by atoms with Gasteiger partial charge >= 0.3 is 5.97 Å². The highest BCUT2D eigenvalue weighted by Crippen LogP contribution is 2.15. The van der Waals surface area contributed by atoms with Gasteiger partial charge in [-0.2, -0.15) is 0 Å². The maximum atomic E-state index is 11.2. The standard InChI is InChI=1S/C10H14N2O3S/c1-6-3-5-16-7(6)2-4-12-9(13)8(11)10(14)15/h3,5,8H,2,4,11H2,1H3,(H,12,13)(H,14,15). The molecule has 1 rings (SSSR count). The molecule has 0 aliphatic carbocycles. The van der Waals surface area contributed by atoms with Gasteiger partial charge in [0.05, 0.1) is 0 Å². The second kappa shape index (κ2) is 5.62. The molecule has 16 heavy (non-hydrogen) atoms. The Bertz CT molecular complexity index is 389. The lowest BCUT2D eigenvalue weighted by atomic mass is 10.2. The number of carbonyl (C=O) groups is 2. The van der Waals surface area contributed by atoms with Crippen LogP contribution < -0.4 is 11.1 Å². The second-order valence-electron chi connectivity index (χ2n) is 3.38.